The molecule has 0 aliphatic heterocycles. The lowest BCUT2D eigenvalue weighted by molar-refractivity contribution is 0.405. The SMILES string of the molecule is CCc1nc(NCCCN(C)C)c2c3c(sc2n1)CCC3. The Morgan fingerprint density at radius 1 is 1.24 bits per heavy atom. The lowest BCUT2D eigenvalue weighted by atomic mass is 10.2. The van der Waals surface area contributed by atoms with Gasteiger partial charge in [-0.15, -0.1) is 11.3 Å². The van der Waals surface area contributed by atoms with Gasteiger partial charge in [0.05, 0.1) is 5.39 Å². The van der Waals surface area contributed by atoms with E-state index in [0.717, 1.165) is 37.6 Å². The van der Waals surface area contributed by atoms with Crippen molar-refractivity contribution in [1.82, 2.24) is 14.9 Å². The Morgan fingerprint density at radius 2 is 2.10 bits per heavy atom. The number of nitrogens with one attached hydrogen (secondary N) is 1. The van der Waals surface area contributed by atoms with Crippen LogP contribution in [0, 0.1) is 0 Å². The number of aryl methyl sites for hydroxylation is 3. The molecule has 2 aromatic heterocycles. The second-order valence-electron chi connectivity index (χ2n) is 5.96. The molecule has 1 aliphatic rings. The number of thiophene rings is 1. The molecule has 0 atom stereocenters. The molecule has 0 bridgehead atoms. The number of nitrogens with zero attached hydrogens (tertiary/aromatic N) is 3. The van der Waals surface area contributed by atoms with Crippen LogP contribution < -0.4 is 5.32 Å². The molecule has 3 rings (SSSR count). The van der Waals surface area contributed by atoms with Gasteiger partial charge in [0.2, 0.25) is 0 Å². The van der Waals surface area contributed by atoms with Gasteiger partial charge in [-0.05, 0) is 51.9 Å². The Hall–Kier alpha value is -1.20. The molecule has 1 N–H and O–H groups in total. The first-order valence-corrected chi connectivity index (χ1v) is 8.70. The van der Waals surface area contributed by atoms with Crippen LogP contribution in [0.4, 0.5) is 5.82 Å². The first-order chi connectivity index (χ1) is 10.2. The molecule has 2 heterocycles. The smallest absolute Gasteiger partial charge is 0.138 e. The summed E-state index contributed by atoms with van der Waals surface area (Å²) in [5.41, 5.74) is 1.51. The Labute approximate surface area is 130 Å². The summed E-state index contributed by atoms with van der Waals surface area (Å²) in [6.45, 7) is 4.19. The fourth-order valence-corrected chi connectivity index (χ4v) is 4.21. The van der Waals surface area contributed by atoms with Gasteiger partial charge in [0.25, 0.3) is 0 Å². The Balaban J connectivity index is 1.88. The number of fused-ring (bicyclic) bond motifs is 3. The Morgan fingerprint density at radius 3 is 2.86 bits per heavy atom. The molecular weight excluding hydrogens is 280 g/mol. The number of anilines is 1. The van der Waals surface area contributed by atoms with Crippen molar-refractivity contribution in [1.29, 1.82) is 0 Å². The van der Waals surface area contributed by atoms with E-state index >= 15 is 0 Å². The summed E-state index contributed by atoms with van der Waals surface area (Å²) >= 11 is 1.87. The van der Waals surface area contributed by atoms with Crippen molar-refractivity contribution in [3.8, 4) is 0 Å². The van der Waals surface area contributed by atoms with Crippen LogP contribution >= 0.6 is 11.3 Å². The van der Waals surface area contributed by atoms with Gasteiger partial charge >= 0.3 is 0 Å². The van der Waals surface area contributed by atoms with E-state index in [1.165, 1.54) is 39.9 Å². The molecule has 0 amide bonds. The molecule has 1 aliphatic carbocycles. The van der Waals surface area contributed by atoms with Gasteiger partial charge in [0.1, 0.15) is 16.5 Å². The van der Waals surface area contributed by atoms with Crippen molar-refractivity contribution in [2.75, 3.05) is 32.5 Å². The third-order valence-electron chi connectivity index (χ3n) is 4.00. The quantitative estimate of drug-likeness (QED) is 0.833. The first kappa shape index (κ1) is 14.7. The van der Waals surface area contributed by atoms with Gasteiger partial charge in [0.15, 0.2) is 0 Å². The third kappa shape index (κ3) is 3.04. The number of aromatic nitrogens is 2. The van der Waals surface area contributed by atoms with E-state index in [1.807, 2.05) is 11.3 Å². The highest BCUT2D eigenvalue weighted by molar-refractivity contribution is 7.19. The average Bonchev–Trinajstić information content (AvgIpc) is 3.02. The van der Waals surface area contributed by atoms with Crippen LogP contribution in [-0.2, 0) is 19.3 Å². The Bertz CT molecular complexity index is 633. The predicted octanol–water partition coefficient (Wildman–Crippen LogP) is 3.11. The zero-order valence-corrected chi connectivity index (χ0v) is 14.0. The summed E-state index contributed by atoms with van der Waals surface area (Å²) in [5, 5.41) is 4.86. The molecule has 0 unspecified atom stereocenters. The van der Waals surface area contributed by atoms with Crippen molar-refractivity contribution >= 4 is 27.4 Å². The highest BCUT2D eigenvalue weighted by atomic mass is 32.1. The first-order valence-electron chi connectivity index (χ1n) is 7.88. The number of rotatable bonds is 6. The fraction of sp³-hybridized carbons (Fsp3) is 0.625. The standard InChI is InChI=1S/C16H24N4S/c1-4-13-18-15(17-9-6-10-20(2)3)14-11-7-5-8-12(11)21-16(14)19-13/h4-10H2,1-3H3,(H,17,18,19). The zero-order chi connectivity index (χ0) is 14.8. The maximum absolute atomic E-state index is 4.76. The maximum atomic E-state index is 4.76. The summed E-state index contributed by atoms with van der Waals surface area (Å²) in [4.78, 5) is 14.4. The lowest BCUT2D eigenvalue weighted by Gasteiger charge is -2.12. The van der Waals surface area contributed by atoms with E-state index in [4.69, 9.17) is 9.97 Å². The molecule has 4 nitrogen and oxygen atoms in total. The van der Waals surface area contributed by atoms with Crippen molar-refractivity contribution in [2.24, 2.45) is 0 Å². The molecular formula is C16H24N4S. The maximum Gasteiger partial charge on any atom is 0.138 e. The second-order valence-corrected chi connectivity index (χ2v) is 7.05. The minimum absolute atomic E-state index is 0.894. The van der Waals surface area contributed by atoms with E-state index in [-0.39, 0.29) is 0 Å². The zero-order valence-electron chi connectivity index (χ0n) is 13.2. The van der Waals surface area contributed by atoms with Gasteiger partial charge in [-0.1, -0.05) is 6.92 Å². The summed E-state index contributed by atoms with van der Waals surface area (Å²) < 4.78 is 0. The molecule has 0 saturated heterocycles. The van der Waals surface area contributed by atoms with E-state index in [9.17, 15) is 0 Å². The monoisotopic (exact) mass is 304 g/mol. The van der Waals surface area contributed by atoms with E-state index < -0.39 is 0 Å². The summed E-state index contributed by atoms with van der Waals surface area (Å²) in [5.74, 6) is 2.02. The second kappa shape index (κ2) is 6.28. The van der Waals surface area contributed by atoms with Gasteiger partial charge in [0, 0.05) is 17.8 Å². The molecule has 0 aromatic carbocycles. The highest BCUT2D eigenvalue weighted by Gasteiger charge is 2.21. The Kier molecular flexibility index (Phi) is 4.40. The van der Waals surface area contributed by atoms with E-state index in [1.54, 1.807) is 0 Å². The highest BCUT2D eigenvalue weighted by Crippen LogP contribution is 2.39. The van der Waals surface area contributed by atoms with Gasteiger partial charge in [-0.3, -0.25) is 0 Å². The summed E-state index contributed by atoms with van der Waals surface area (Å²) in [6.07, 6.45) is 5.72. The molecule has 2 aromatic rings. The van der Waals surface area contributed by atoms with Crippen LogP contribution in [0.5, 0.6) is 0 Å². The number of hydrogen-bond donors (Lipinski definition) is 1. The van der Waals surface area contributed by atoms with Crippen molar-refractivity contribution in [3.05, 3.63) is 16.3 Å². The predicted molar refractivity (Wildman–Crippen MR) is 90.5 cm³/mol. The van der Waals surface area contributed by atoms with Crippen LogP contribution in [0.1, 0.15) is 36.0 Å². The normalized spacial score (nSPS) is 14.1. The van der Waals surface area contributed by atoms with Crippen LogP contribution in [0.25, 0.3) is 10.2 Å². The van der Waals surface area contributed by atoms with Gasteiger partial charge in [-0.25, -0.2) is 9.97 Å². The molecule has 114 valence electrons. The topological polar surface area (TPSA) is 41.1 Å². The average molecular weight is 304 g/mol. The van der Waals surface area contributed by atoms with Crippen LogP contribution in [-0.4, -0.2) is 42.1 Å². The molecule has 0 radical (unpaired) electrons. The van der Waals surface area contributed by atoms with Gasteiger partial charge < -0.3 is 10.2 Å². The van der Waals surface area contributed by atoms with Crippen LogP contribution in [0.3, 0.4) is 0 Å². The van der Waals surface area contributed by atoms with E-state index in [0.29, 0.717) is 0 Å². The minimum atomic E-state index is 0.894. The van der Waals surface area contributed by atoms with E-state index in [2.05, 4.69) is 31.2 Å². The largest absolute Gasteiger partial charge is 0.369 e. The molecule has 21 heavy (non-hydrogen) atoms. The fourth-order valence-electron chi connectivity index (χ4n) is 2.93. The van der Waals surface area contributed by atoms with Crippen LogP contribution in [0.2, 0.25) is 0 Å². The van der Waals surface area contributed by atoms with Gasteiger partial charge in [-0.2, -0.15) is 0 Å². The number of hydrogen-bond acceptors (Lipinski definition) is 5. The van der Waals surface area contributed by atoms with Crippen molar-refractivity contribution in [3.63, 3.8) is 0 Å². The van der Waals surface area contributed by atoms with Crippen molar-refractivity contribution < 1.29 is 0 Å². The molecule has 5 heteroatoms. The lowest BCUT2D eigenvalue weighted by Crippen LogP contribution is -2.17. The molecule has 0 spiro atoms. The minimum Gasteiger partial charge on any atom is -0.369 e. The summed E-state index contributed by atoms with van der Waals surface area (Å²) in [6, 6.07) is 0. The third-order valence-corrected chi connectivity index (χ3v) is 5.19. The molecule has 0 fully saturated rings. The molecule has 0 saturated carbocycles. The van der Waals surface area contributed by atoms with Crippen LogP contribution in [0.15, 0.2) is 0 Å². The summed E-state index contributed by atoms with van der Waals surface area (Å²) in [7, 11) is 4.23. The van der Waals surface area contributed by atoms with Crippen molar-refractivity contribution in [2.45, 2.75) is 39.0 Å².